The van der Waals surface area contributed by atoms with Gasteiger partial charge in [-0.15, -0.1) is 11.3 Å². The molecule has 1 aromatic heterocycles. The van der Waals surface area contributed by atoms with Crippen LogP contribution in [0.3, 0.4) is 0 Å². The third kappa shape index (κ3) is 6.87. The van der Waals surface area contributed by atoms with Gasteiger partial charge in [0.25, 0.3) is 0 Å². The molecule has 0 radical (unpaired) electrons. The summed E-state index contributed by atoms with van der Waals surface area (Å²) in [4.78, 5) is 23.5. The highest BCUT2D eigenvalue weighted by atomic mass is 32.1. The number of alkyl halides is 2. The van der Waals surface area contributed by atoms with Crippen LogP contribution < -0.4 is 0 Å². The summed E-state index contributed by atoms with van der Waals surface area (Å²) < 4.78 is 43.1. The fourth-order valence-electron chi connectivity index (χ4n) is 4.85. The van der Waals surface area contributed by atoms with Crippen molar-refractivity contribution < 1.29 is 33.0 Å². The number of benzene rings is 1. The zero-order valence-electron chi connectivity index (χ0n) is 20.1. The van der Waals surface area contributed by atoms with Crippen LogP contribution in [0.15, 0.2) is 54.6 Å². The third-order valence-electron chi connectivity index (χ3n) is 6.77. The predicted molar refractivity (Wildman–Crippen MR) is 135 cm³/mol. The summed E-state index contributed by atoms with van der Waals surface area (Å²) in [5, 5.41) is 9.54. The van der Waals surface area contributed by atoms with E-state index in [9.17, 15) is 9.59 Å². The van der Waals surface area contributed by atoms with Gasteiger partial charge in [0, 0.05) is 36.0 Å². The lowest BCUT2D eigenvalue weighted by Crippen LogP contribution is -2.30. The summed E-state index contributed by atoms with van der Waals surface area (Å²) in [5.41, 5.74) is 0. The van der Waals surface area contributed by atoms with E-state index in [0.717, 1.165) is 46.8 Å². The maximum Gasteiger partial charge on any atom is 0.303 e. The van der Waals surface area contributed by atoms with Gasteiger partial charge in [-0.1, -0.05) is 36.4 Å². The molecule has 2 aliphatic rings. The zero-order chi connectivity index (χ0) is 25.5. The molecule has 0 bridgehead atoms. The first-order chi connectivity index (χ1) is 17.3. The molecule has 194 valence electrons. The Bertz CT molecular complexity index is 1070. The average molecular weight is 519 g/mol. The van der Waals surface area contributed by atoms with Crippen molar-refractivity contribution in [2.24, 2.45) is 11.8 Å². The van der Waals surface area contributed by atoms with Crippen molar-refractivity contribution in [2.45, 2.75) is 69.7 Å². The molecule has 1 saturated heterocycles. The van der Waals surface area contributed by atoms with Crippen LogP contribution in [0, 0.1) is 11.8 Å². The van der Waals surface area contributed by atoms with Crippen LogP contribution in [0.4, 0.5) is 8.78 Å². The minimum Gasteiger partial charge on any atom is -0.481 e. The van der Waals surface area contributed by atoms with Crippen molar-refractivity contribution in [3.8, 4) is 0 Å². The number of Topliss-reactive ketones (excluding diaryl/α,β-unsaturated/α-hetero) is 1. The maximum atomic E-state index is 15.2. The highest BCUT2D eigenvalue weighted by molar-refractivity contribution is 7.19. The highest BCUT2D eigenvalue weighted by Crippen LogP contribution is 2.41. The van der Waals surface area contributed by atoms with Gasteiger partial charge in [0.15, 0.2) is 6.29 Å². The molecule has 2 heterocycles. The van der Waals surface area contributed by atoms with Crippen molar-refractivity contribution in [1.82, 2.24) is 0 Å². The van der Waals surface area contributed by atoms with Gasteiger partial charge in [0.1, 0.15) is 5.78 Å². The molecule has 0 amide bonds. The average Bonchev–Trinajstić information content (AvgIpc) is 3.42. The Kier molecular flexibility index (Phi) is 9.04. The Hall–Kier alpha value is -2.42. The molecule has 4 rings (SSSR count). The molecular formula is C28H32F2O5S. The summed E-state index contributed by atoms with van der Waals surface area (Å²) in [7, 11) is 0. The topological polar surface area (TPSA) is 72.8 Å². The van der Waals surface area contributed by atoms with Crippen LogP contribution in [-0.2, 0) is 25.0 Å². The lowest BCUT2D eigenvalue weighted by atomic mass is 9.90. The van der Waals surface area contributed by atoms with Crippen molar-refractivity contribution in [3.05, 3.63) is 59.5 Å². The first kappa shape index (κ1) is 26.6. The molecule has 8 heteroatoms. The van der Waals surface area contributed by atoms with E-state index >= 15 is 8.78 Å². The molecule has 1 aliphatic heterocycles. The van der Waals surface area contributed by atoms with E-state index in [1.54, 1.807) is 0 Å². The number of halogens is 2. The van der Waals surface area contributed by atoms with Gasteiger partial charge in [-0.3, -0.25) is 9.59 Å². The van der Waals surface area contributed by atoms with Crippen LogP contribution in [0.25, 0.3) is 10.1 Å². The van der Waals surface area contributed by atoms with E-state index in [1.165, 1.54) is 12.1 Å². The van der Waals surface area contributed by atoms with Gasteiger partial charge >= 0.3 is 11.9 Å². The normalized spacial score (nSPS) is 25.4. The van der Waals surface area contributed by atoms with Crippen LogP contribution >= 0.6 is 11.3 Å². The molecule has 1 saturated carbocycles. The second-order valence-electron chi connectivity index (χ2n) is 9.45. The number of aliphatic carboxylic acids is 1. The number of rotatable bonds is 11. The van der Waals surface area contributed by atoms with E-state index in [2.05, 4.69) is 0 Å². The van der Waals surface area contributed by atoms with Crippen molar-refractivity contribution in [3.63, 3.8) is 0 Å². The summed E-state index contributed by atoms with van der Waals surface area (Å²) >= 11 is 1.07. The number of fused-ring (bicyclic) bond motifs is 1. The molecule has 1 N–H and O–H groups in total. The molecule has 1 aromatic carbocycles. The van der Waals surface area contributed by atoms with E-state index in [0.29, 0.717) is 25.9 Å². The van der Waals surface area contributed by atoms with Crippen LogP contribution in [-0.4, -0.2) is 35.9 Å². The molecule has 4 atom stereocenters. The van der Waals surface area contributed by atoms with Gasteiger partial charge in [-0.2, -0.15) is 8.78 Å². The summed E-state index contributed by atoms with van der Waals surface area (Å²) in [6.07, 6.45) is 9.60. The number of ketones is 1. The van der Waals surface area contributed by atoms with Crippen molar-refractivity contribution >= 4 is 33.2 Å². The SMILES string of the molecule is O=C(O)CCCC=CC[C@H]1C(=O)C[C@@H](OC2CCCCO2)[C@@H]1C=CC(F)(F)c1cc2ccccc2s1. The number of thiophene rings is 1. The number of allylic oxidation sites excluding steroid dienone is 3. The van der Waals surface area contributed by atoms with E-state index < -0.39 is 36.1 Å². The summed E-state index contributed by atoms with van der Waals surface area (Å²) in [6.45, 7) is 0.596. The molecule has 2 fully saturated rings. The van der Waals surface area contributed by atoms with Gasteiger partial charge in [0.2, 0.25) is 0 Å². The lowest BCUT2D eigenvalue weighted by molar-refractivity contribution is -0.192. The highest BCUT2D eigenvalue weighted by Gasteiger charge is 2.43. The van der Waals surface area contributed by atoms with E-state index in [4.69, 9.17) is 14.6 Å². The van der Waals surface area contributed by atoms with Crippen molar-refractivity contribution in [2.75, 3.05) is 6.61 Å². The summed E-state index contributed by atoms with van der Waals surface area (Å²) in [6, 6.07) is 8.82. The molecule has 1 aliphatic carbocycles. The Balaban J connectivity index is 1.49. The van der Waals surface area contributed by atoms with E-state index in [-0.39, 0.29) is 23.5 Å². The number of ether oxygens (including phenoxy) is 2. The Morgan fingerprint density at radius 3 is 2.83 bits per heavy atom. The largest absolute Gasteiger partial charge is 0.481 e. The lowest BCUT2D eigenvalue weighted by Gasteiger charge is -2.28. The Labute approximate surface area is 213 Å². The second-order valence-corrected chi connectivity index (χ2v) is 10.5. The first-order valence-electron chi connectivity index (χ1n) is 12.6. The van der Waals surface area contributed by atoms with Crippen LogP contribution in [0.2, 0.25) is 0 Å². The number of carboxylic acids is 1. The van der Waals surface area contributed by atoms with Gasteiger partial charge in [-0.05, 0) is 62.1 Å². The molecule has 2 aromatic rings. The third-order valence-corrected chi connectivity index (χ3v) is 7.98. The number of carbonyl (C=O) groups is 2. The number of hydrogen-bond donors (Lipinski definition) is 1. The minimum absolute atomic E-state index is 0.00850. The Morgan fingerprint density at radius 1 is 1.25 bits per heavy atom. The number of carboxylic acid groups (broad SMARTS) is 1. The number of carbonyl (C=O) groups excluding carboxylic acids is 1. The predicted octanol–water partition coefficient (Wildman–Crippen LogP) is 6.87. The number of unbranched alkanes of at least 4 members (excludes halogenated alkanes) is 1. The maximum absolute atomic E-state index is 15.2. The molecule has 1 unspecified atom stereocenters. The monoisotopic (exact) mass is 518 g/mol. The zero-order valence-corrected chi connectivity index (χ0v) is 20.9. The minimum atomic E-state index is -3.17. The second kappa shape index (κ2) is 12.2. The fourth-order valence-corrected chi connectivity index (χ4v) is 5.87. The van der Waals surface area contributed by atoms with Gasteiger partial charge < -0.3 is 14.6 Å². The quantitative estimate of drug-likeness (QED) is 0.260. The fraction of sp³-hybridized carbons (Fsp3) is 0.500. The van der Waals surface area contributed by atoms with E-state index in [1.807, 2.05) is 36.4 Å². The summed E-state index contributed by atoms with van der Waals surface area (Å²) in [5.74, 6) is -4.98. The first-order valence-corrected chi connectivity index (χ1v) is 13.4. The molecule has 0 spiro atoms. The Morgan fingerprint density at radius 2 is 2.08 bits per heavy atom. The van der Waals surface area contributed by atoms with Crippen molar-refractivity contribution in [1.29, 1.82) is 0 Å². The molecule has 5 nitrogen and oxygen atoms in total. The van der Waals surface area contributed by atoms with Gasteiger partial charge in [-0.25, -0.2) is 0 Å². The molecule has 36 heavy (non-hydrogen) atoms. The molecular weight excluding hydrogens is 486 g/mol. The van der Waals surface area contributed by atoms with Gasteiger partial charge in [0.05, 0.1) is 11.0 Å². The smallest absolute Gasteiger partial charge is 0.303 e. The standard InChI is InChI=1S/C28H32F2O5S/c29-28(30,25-17-19-9-5-6-11-24(19)36-25)15-14-21-20(10-3-1-2-4-12-26(32)33)22(31)18-23(21)35-27-13-7-8-16-34-27/h1,3,5-6,9,11,14-15,17,20-21,23,27H,2,4,7-8,10,12-13,16,18H2,(H,32,33)/t20-,21-,23-,27?/m1/s1. The van der Waals surface area contributed by atoms with Crippen LogP contribution in [0.5, 0.6) is 0 Å². The number of hydrogen-bond acceptors (Lipinski definition) is 5. The van der Waals surface area contributed by atoms with Crippen LogP contribution in [0.1, 0.15) is 56.2 Å².